The smallest absolute Gasteiger partial charge is 0.306 e. The van der Waals surface area contributed by atoms with Gasteiger partial charge in [0.05, 0.1) is 26.6 Å². The number of ether oxygens (including phenoxy) is 1. The number of nitrogens with zero attached hydrogens (tertiary/aromatic N) is 2. The van der Waals surface area contributed by atoms with E-state index in [1.54, 1.807) is 11.9 Å². The molecule has 1 fully saturated rings. The van der Waals surface area contributed by atoms with Gasteiger partial charge in [-0.3, -0.25) is 29.4 Å². The van der Waals surface area contributed by atoms with Gasteiger partial charge in [0.1, 0.15) is 0 Å². The van der Waals surface area contributed by atoms with E-state index in [0.717, 1.165) is 6.42 Å². The molecule has 8 heteroatoms. The Balaban J connectivity index is 2.24. The van der Waals surface area contributed by atoms with Gasteiger partial charge >= 0.3 is 5.97 Å². The number of likely N-dealkylation sites (N-methyl/N-ethyl adjacent to an activating group) is 1. The molecule has 0 atom stereocenters. The van der Waals surface area contributed by atoms with E-state index in [4.69, 9.17) is 0 Å². The van der Waals surface area contributed by atoms with Crippen molar-refractivity contribution in [2.24, 2.45) is 0 Å². The molecule has 0 unspecified atom stereocenters. The van der Waals surface area contributed by atoms with Crippen LogP contribution in [-0.2, 0) is 23.9 Å². The highest BCUT2D eigenvalue weighted by atomic mass is 16.5. The molecule has 0 aliphatic carbocycles. The standard InChI is InChI=1S/C13H21N3O5/c1-15(7-5-13(20)21-2)8-10(17)14-11(18)9-16-6-3-4-12(16)19/h3-9H2,1-2H3,(H,14,17,18). The van der Waals surface area contributed by atoms with Crippen LogP contribution < -0.4 is 5.32 Å². The molecule has 0 aromatic heterocycles. The molecule has 1 heterocycles. The Hall–Kier alpha value is -1.96. The Kier molecular flexibility index (Phi) is 6.80. The number of carbonyl (C=O) groups excluding carboxylic acids is 4. The van der Waals surface area contributed by atoms with Crippen molar-refractivity contribution in [1.29, 1.82) is 0 Å². The molecule has 0 spiro atoms. The highest BCUT2D eigenvalue weighted by Crippen LogP contribution is 2.08. The third-order valence-electron chi connectivity index (χ3n) is 3.12. The molecule has 0 saturated carbocycles. The molecule has 1 aliphatic heterocycles. The second-order valence-electron chi connectivity index (χ2n) is 4.95. The number of nitrogens with one attached hydrogen (secondary N) is 1. The van der Waals surface area contributed by atoms with E-state index in [0.29, 0.717) is 19.5 Å². The van der Waals surface area contributed by atoms with Crippen LogP contribution in [0.2, 0.25) is 0 Å². The average molecular weight is 299 g/mol. The lowest BCUT2D eigenvalue weighted by molar-refractivity contribution is -0.141. The Labute approximate surface area is 123 Å². The Morgan fingerprint density at radius 1 is 1.33 bits per heavy atom. The van der Waals surface area contributed by atoms with Crippen molar-refractivity contribution in [3.8, 4) is 0 Å². The van der Waals surface area contributed by atoms with Gasteiger partial charge in [0.25, 0.3) is 0 Å². The van der Waals surface area contributed by atoms with E-state index >= 15 is 0 Å². The molecule has 3 amide bonds. The topological polar surface area (TPSA) is 96.0 Å². The summed E-state index contributed by atoms with van der Waals surface area (Å²) in [4.78, 5) is 48.6. The lowest BCUT2D eigenvalue weighted by Gasteiger charge is -2.17. The molecule has 0 aromatic carbocycles. The number of rotatable bonds is 7. The average Bonchev–Trinajstić information content (AvgIpc) is 2.81. The Morgan fingerprint density at radius 2 is 2.05 bits per heavy atom. The summed E-state index contributed by atoms with van der Waals surface area (Å²) in [5.41, 5.74) is 0. The van der Waals surface area contributed by atoms with Crippen LogP contribution in [0.3, 0.4) is 0 Å². The summed E-state index contributed by atoms with van der Waals surface area (Å²) in [6.07, 6.45) is 1.38. The maximum atomic E-state index is 11.6. The predicted molar refractivity (Wildman–Crippen MR) is 73.1 cm³/mol. The first-order chi connectivity index (χ1) is 9.92. The van der Waals surface area contributed by atoms with Gasteiger partial charge in [0, 0.05) is 19.5 Å². The maximum absolute atomic E-state index is 11.6. The molecule has 1 N–H and O–H groups in total. The molecule has 1 saturated heterocycles. The van der Waals surface area contributed by atoms with E-state index in [9.17, 15) is 19.2 Å². The Morgan fingerprint density at radius 3 is 2.62 bits per heavy atom. The van der Waals surface area contributed by atoms with Crippen molar-refractivity contribution in [2.75, 3.05) is 40.3 Å². The highest BCUT2D eigenvalue weighted by Gasteiger charge is 2.23. The van der Waals surface area contributed by atoms with Crippen LogP contribution >= 0.6 is 0 Å². The zero-order valence-electron chi connectivity index (χ0n) is 12.4. The minimum Gasteiger partial charge on any atom is -0.469 e. The summed E-state index contributed by atoms with van der Waals surface area (Å²) in [7, 11) is 2.96. The number of likely N-dealkylation sites (tertiary alicyclic amines) is 1. The van der Waals surface area contributed by atoms with Crippen LogP contribution in [0.15, 0.2) is 0 Å². The zero-order valence-corrected chi connectivity index (χ0v) is 12.4. The summed E-state index contributed by atoms with van der Waals surface area (Å²) >= 11 is 0. The van der Waals surface area contributed by atoms with Crippen LogP contribution in [0.25, 0.3) is 0 Å². The second kappa shape index (κ2) is 8.35. The van der Waals surface area contributed by atoms with Crippen molar-refractivity contribution < 1.29 is 23.9 Å². The molecule has 0 radical (unpaired) electrons. The van der Waals surface area contributed by atoms with Gasteiger partial charge in [-0.05, 0) is 13.5 Å². The maximum Gasteiger partial charge on any atom is 0.306 e. The van der Waals surface area contributed by atoms with Gasteiger partial charge in [0.15, 0.2) is 0 Å². The predicted octanol–water partition coefficient (Wildman–Crippen LogP) is -1.25. The summed E-state index contributed by atoms with van der Waals surface area (Å²) < 4.78 is 4.50. The fraction of sp³-hybridized carbons (Fsp3) is 0.692. The monoisotopic (exact) mass is 299 g/mol. The van der Waals surface area contributed by atoms with E-state index in [1.807, 2.05) is 0 Å². The van der Waals surface area contributed by atoms with Gasteiger partial charge < -0.3 is 9.64 Å². The van der Waals surface area contributed by atoms with E-state index in [2.05, 4.69) is 10.1 Å². The minimum atomic E-state index is -0.489. The quantitative estimate of drug-likeness (QED) is 0.590. The number of methoxy groups -OCH3 is 1. The van der Waals surface area contributed by atoms with Crippen molar-refractivity contribution >= 4 is 23.7 Å². The first kappa shape index (κ1) is 17.1. The molecule has 8 nitrogen and oxygen atoms in total. The first-order valence-corrected chi connectivity index (χ1v) is 6.78. The normalized spacial score (nSPS) is 14.4. The van der Waals surface area contributed by atoms with Gasteiger partial charge in [-0.15, -0.1) is 0 Å². The third-order valence-corrected chi connectivity index (χ3v) is 3.12. The molecule has 0 bridgehead atoms. The third kappa shape index (κ3) is 6.35. The summed E-state index contributed by atoms with van der Waals surface area (Å²) in [6.45, 7) is 0.825. The fourth-order valence-electron chi connectivity index (χ4n) is 1.99. The lowest BCUT2D eigenvalue weighted by atomic mass is 10.4. The molecule has 21 heavy (non-hydrogen) atoms. The second-order valence-corrected chi connectivity index (χ2v) is 4.95. The molecule has 0 aromatic rings. The molecule has 1 aliphatic rings. The Bertz CT molecular complexity index is 424. The molecular weight excluding hydrogens is 278 g/mol. The van der Waals surface area contributed by atoms with Crippen molar-refractivity contribution in [3.05, 3.63) is 0 Å². The minimum absolute atomic E-state index is 0.00329. The SMILES string of the molecule is COC(=O)CCN(C)CC(=O)NC(=O)CN1CCCC1=O. The molecular formula is C13H21N3O5. The molecule has 1 rings (SSSR count). The highest BCUT2D eigenvalue weighted by molar-refractivity contribution is 5.98. The lowest BCUT2D eigenvalue weighted by Crippen LogP contribution is -2.44. The van der Waals surface area contributed by atoms with E-state index in [1.165, 1.54) is 12.0 Å². The fourth-order valence-corrected chi connectivity index (χ4v) is 1.99. The van der Waals surface area contributed by atoms with Crippen molar-refractivity contribution in [3.63, 3.8) is 0 Å². The number of hydrogen-bond donors (Lipinski definition) is 1. The number of amides is 3. The van der Waals surface area contributed by atoms with Gasteiger partial charge in [-0.2, -0.15) is 0 Å². The van der Waals surface area contributed by atoms with Crippen LogP contribution in [0, 0.1) is 0 Å². The first-order valence-electron chi connectivity index (χ1n) is 6.78. The van der Waals surface area contributed by atoms with Gasteiger partial charge in [-0.1, -0.05) is 0 Å². The van der Waals surface area contributed by atoms with Crippen LogP contribution in [0.5, 0.6) is 0 Å². The van der Waals surface area contributed by atoms with E-state index < -0.39 is 11.8 Å². The number of esters is 1. The number of imide groups is 1. The molecule has 118 valence electrons. The summed E-state index contributed by atoms with van der Waals surface area (Å²) in [5.74, 6) is -1.37. The van der Waals surface area contributed by atoms with Gasteiger partial charge in [-0.25, -0.2) is 0 Å². The van der Waals surface area contributed by atoms with Crippen molar-refractivity contribution in [1.82, 2.24) is 15.1 Å². The summed E-state index contributed by atoms with van der Waals surface area (Å²) in [6, 6.07) is 0. The van der Waals surface area contributed by atoms with Crippen molar-refractivity contribution in [2.45, 2.75) is 19.3 Å². The van der Waals surface area contributed by atoms with Crippen LogP contribution in [-0.4, -0.2) is 73.8 Å². The number of hydrogen-bond acceptors (Lipinski definition) is 6. The van der Waals surface area contributed by atoms with Gasteiger partial charge in [0.2, 0.25) is 17.7 Å². The van der Waals surface area contributed by atoms with E-state index in [-0.39, 0.29) is 31.4 Å². The van der Waals surface area contributed by atoms with Crippen LogP contribution in [0.1, 0.15) is 19.3 Å². The summed E-state index contributed by atoms with van der Waals surface area (Å²) in [5, 5.41) is 2.23. The largest absolute Gasteiger partial charge is 0.469 e. The zero-order chi connectivity index (χ0) is 15.8. The number of carbonyl (C=O) groups is 4. The van der Waals surface area contributed by atoms with Crippen LogP contribution in [0.4, 0.5) is 0 Å².